The average Bonchev–Trinajstić information content (AvgIpc) is 2.17. The van der Waals surface area contributed by atoms with Crippen molar-refractivity contribution in [2.24, 2.45) is 0 Å². The van der Waals surface area contributed by atoms with Gasteiger partial charge in [-0.1, -0.05) is 27.2 Å². The predicted octanol–water partition coefficient (Wildman–Crippen LogP) is 3.30. The summed E-state index contributed by atoms with van der Waals surface area (Å²) in [6, 6.07) is 0.738. The molecular weight excluding hydrogens is 178 g/mol. The summed E-state index contributed by atoms with van der Waals surface area (Å²) in [7, 11) is 0. The van der Waals surface area contributed by atoms with Crippen molar-refractivity contribution in [2.45, 2.75) is 52.5 Å². The normalized spacial score (nSPS) is 13.2. The van der Waals surface area contributed by atoms with Gasteiger partial charge in [-0.2, -0.15) is 11.8 Å². The third-order valence-corrected chi connectivity index (χ3v) is 3.35. The lowest BCUT2D eigenvalue weighted by molar-refractivity contribution is 0.539. The van der Waals surface area contributed by atoms with Gasteiger partial charge in [0.2, 0.25) is 0 Å². The van der Waals surface area contributed by atoms with Gasteiger partial charge in [0.1, 0.15) is 0 Å². The van der Waals surface area contributed by atoms with Crippen molar-refractivity contribution in [1.82, 2.24) is 5.32 Å². The molecule has 1 N–H and O–H groups in total. The molecule has 80 valence electrons. The van der Waals surface area contributed by atoms with Crippen LogP contribution in [-0.2, 0) is 0 Å². The minimum atomic E-state index is 0.738. The second-order valence-electron chi connectivity index (χ2n) is 3.49. The van der Waals surface area contributed by atoms with Crippen LogP contribution >= 0.6 is 11.8 Å². The predicted molar refractivity (Wildman–Crippen MR) is 64.6 cm³/mol. The first-order valence-corrected chi connectivity index (χ1v) is 6.81. The van der Waals surface area contributed by atoms with Gasteiger partial charge in [0.15, 0.2) is 0 Å². The van der Waals surface area contributed by atoms with E-state index in [2.05, 4.69) is 37.8 Å². The molecule has 0 amide bonds. The van der Waals surface area contributed by atoms with E-state index in [0.717, 1.165) is 6.04 Å². The summed E-state index contributed by atoms with van der Waals surface area (Å²) < 4.78 is 0. The van der Waals surface area contributed by atoms with Crippen LogP contribution in [0.5, 0.6) is 0 Å². The first-order valence-electron chi connectivity index (χ1n) is 5.66. The zero-order chi connectivity index (χ0) is 9.94. The highest BCUT2D eigenvalue weighted by atomic mass is 32.2. The molecule has 1 unspecified atom stereocenters. The SMILES string of the molecule is CCCCSCC(CC)NCCC. The fourth-order valence-corrected chi connectivity index (χ4v) is 2.44. The molecule has 0 spiro atoms. The minimum absolute atomic E-state index is 0.738. The molecule has 0 bridgehead atoms. The molecular formula is C11H25NS. The zero-order valence-electron chi connectivity index (χ0n) is 9.44. The van der Waals surface area contributed by atoms with Crippen molar-refractivity contribution in [1.29, 1.82) is 0 Å². The monoisotopic (exact) mass is 203 g/mol. The van der Waals surface area contributed by atoms with Crippen LogP contribution in [0.15, 0.2) is 0 Å². The van der Waals surface area contributed by atoms with Crippen LogP contribution in [0, 0.1) is 0 Å². The maximum atomic E-state index is 3.58. The third kappa shape index (κ3) is 8.63. The van der Waals surface area contributed by atoms with E-state index < -0.39 is 0 Å². The van der Waals surface area contributed by atoms with Crippen LogP contribution in [0.2, 0.25) is 0 Å². The lowest BCUT2D eigenvalue weighted by Gasteiger charge is -2.15. The summed E-state index contributed by atoms with van der Waals surface area (Å²) in [6.07, 6.45) is 5.20. The number of nitrogens with one attached hydrogen (secondary N) is 1. The summed E-state index contributed by atoms with van der Waals surface area (Å²) in [5.41, 5.74) is 0. The van der Waals surface area contributed by atoms with Crippen LogP contribution in [0.4, 0.5) is 0 Å². The number of hydrogen-bond acceptors (Lipinski definition) is 2. The van der Waals surface area contributed by atoms with Gasteiger partial charge >= 0.3 is 0 Å². The maximum absolute atomic E-state index is 3.58. The largest absolute Gasteiger partial charge is 0.313 e. The van der Waals surface area contributed by atoms with E-state index in [0.29, 0.717) is 0 Å². The Morgan fingerprint density at radius 2 is 1.92 bits per heavy atom. The quantitative estimate of drug-likeness (QED) is 0.577. The minimum Gasteiger partial charge on any atom is -0.313 e. The summed E-state index contributed by atoms with van der Waals surface area (Å²) in [5, 5.41) is 3.58. The number of thioether (sulfide) groups is 1. The molecule has 0 saturated carbocycles. The smallest absolute Gasteiger partial charge is 0.0155 e. The van der Waals surface area contributed by atoms with Crippen molar-refractivity contribution >= 4 is 11.8 Å². The molecule has 1 nitrogen and oxygen atoms in total. The molecule has 0 aromatic carbocycles. The maximum Gasteiger partial charge on any atom is 0.0155 e. The van der Waals surface area contributed by atoms with E-state index in [1.54, 1.807) is 0 Å². The molecule has 0 fully saturated rings. The zero-order valence-corrected chi connectivity index (χ0v) is 10.3. The summed E-state index contributed by atoms with van der Waals surface area (Å²) in [6.45, 7) is 7.93. The van der Waals surface area contributed by atoms with E-state index in [9.17, 15) is 0 Å². The van der Waals surface area contributed by atoms with Crippen molar-refractivity contribution in [2.75, 3.05) is 18.1 Å². The molecule has 2 heteroatoms. The Bertz CT molecular complexity index is 96.1. The summed E-state index contributed by atoms with van der Waals surface area (Å²) in [4.78, 5) is 0. The van der Waals surface area contributed by atoms with Crippen molar-refractivity contribution in [3.8, 4) is 0 Å². The second-order valence-corrected chi connectivity index (χ2v) is 4.64. The molecule has 0 rings (SSSR count). The fraction of sp³-hybridized carbons (Fsp3) is 1.00. The van der Waals surface area contributed by atoms with Gasteiger partial charge in [0, 0.05) is 11.8 Å². The van der Waals surface area contributed by atoms with Crippen LogP contribution in [0.3, 0.4) is 0 Å². The molecule has 0 aromatic heterocycles. The lowest BCUT2D eigenvalue weighted by Crippen LogP contribution is -2.31. The first kappa shape index (κ1) is 13.3. The molecule has 0 aliphatic rings. The topological polar surface area (TPSA) is 12.0 Å². The van der Waals surface area contributed by atoms with E-state index in [1.807, 2.05) is 0 Å². The van der Waals surface area contributed by atoms with E-state index >= 15 is 0 Å². The molecule has 0 radical (unpaired) electrons. The Labute approximate surface area is 88.1 Å². The van der Waals surface area contributed by atoms with Gasteiger partial charge in [-0.25, -0.2) is 0 Å². The van der Waals surface area contributed by atoms with Crippen LogP contribution in [0.25, 0.3) is 0 Å². The Kier molecular flexibility index (Phi) is 10.6. The second kappa shape index (κ2) is 10.4. The molecule has 0 aliphatic carbocycles. The number of unbranched alkanes of at least 4 members (excludes halogenated alkanes) is 1. The summed E-state index contributed by atoms with van der Waals surface area (Å²) in [5.74, 6) is 2.62. The van der Waals surface area contributed by atoms with Gasteiger partial charge in [0.05, 0.1) is 0 Å². The molecule has 13 heavy (non-hydrogen) atoms. The van der Waals surface area contributed by atoms with Crippen LogP contribution in [-0.4, -0.2) is 24.1 Å². The Balaban J connectivity index is 3.25. The molecule has 1 atom stereocenters. The van der Waals surface area contributed by atoms with Crippen LogP contribution < -0.4 is 5.32 Å². The van der Waals surface area contributed by atoms with E-state index in [-0.39, 0.29) is 0 Å². The van der Waals surface area contributed by atoms with E-state index in [1.165, 1.54) is 43.7 Å². The molecule has 0 aromatic rings. The van der Waals surface area contributed by atoms with Crippen LogP contribution in [0.1, 0.15) is 46.5 Å². The molecule has 0 heterocycles. The van der Waals surface area contributed by atoms with Gasteiger partial charge in [0.25, 0.3) is 0 Å². The highest BCUT2D eigenvalue weighted by molar-refractivity contribution is 7.99. The van der Waals surface area contributed by atoms with E-state index in [4.69, 9.17) is 0 Å². The first-order chi connectivity index (χ1) is 6.35. The lowest BCUT2D eigenvalue weighted by atomic mass is 10.2. The third-order valence-electron chi connectivity index (χ3n) is 2.14. The van der Waals surface area contributed by atoms with Gasteiger partial charge in [-0.3, -0.25) is 0 Å². The fourth-order valence-electron chi connectivity index (χ4n) is 1.14. The highest BCUT2D eigenvalue weighted by Crippen LogP contribution is 2.08. The van der Waals surface area contributed by atoms with Gasteiger partial charge < -0.3 is 5.32 Å². The van der Waals surface area contributed by atoms with Gasteiger partial charge in [-0.05, 0) is 31.6 Å². The van der Waals surface area contributed by atoms with Crippen molar-refractivity contribution in [3.63, 3.8) is 0 Å². The highest BCUT2D eigenvalue weighted by Gasteiger charge is 2.03. The summed E-state index contributed by atoms with van der Waals surface area (Å²) >= 11 is 2.10. The Morgan fingerprint density at radius 1 is 1.15 bits per heavy atom. The average molecular weight is 203 g/mol. The Morgan fingerprint density at radius 3 is 2.46 bits per heavy atom. The Hall–Kier alpha value is 0.310. The molecule has 0 saturated heterocycles. The van der Waals surface area contributed by atoms with Gasteiger partial charge in [-0.15, -0.1) is 0 Å². The standard InChI is InChI=1S/C11H25NS/c1-4-7-9-13-10-11(6-3)12-8-5-2/h11-12H,4-10H2,1-3H3. The number of rotatable bonds is 9. The van der Waals surface area contributed by atoms with Crippen molar-refractivity contribution in [3.05, 3.63) is 0 Å². The molecule has 0 aliphatic heterocycles. The van der Waals surface area contributed by atoms with Crippen molar-refractivity contribution < 1.29 is 0 Å². The number of hydrogen-bond donors (Lipinski definition) is 1.